The molecule has 108 valence electrons. The van der Waals surface area contributed by atoms with Gasteiger partial charge in [-0.2, -0.15) is 0 Å². The van der Waals surface area contributed by atoms with Crippen LogP contribution in [-0.2, 0) is 0 Å². The van der Waals surface area contributed by atoms with Gasteiger partial charge in [-0.05, 0) is 44.1 Å². The predicted octanol–water partition coefficient (Wildman–Crippen LogP) is 2.83. The van der Waals surface area contributed by atoms with E-state index in [2.05, 4.69) is 21.8 Å². The van der Waals surface area contributed by atoms with Crippen molar-refractivity contribution in [1.29, 1.82) is 0 Å². The molecule has 1 aromatic heterocycles. The van der Waals surface area contributed by atoms with E-state index in [1.54, 1.807) is 12.3 Å². The highest BCUT2D eigenvalue weighted by Crippen LogP contribution is 2.39. The van der Waals surface area contributed by atoms with Crippen LogP contribution in [0.2, 0.25) is 0 Å². The van der Waals surface area contributed by atoms with Gasteiger partial charge < -0.3 is 4.90 Å². The second kappa shape index (κ2) is 5.51. The van der Waals surface area contributed by atoms with Crippen LogP contribution in [-0.4, -0.2) is 33.4 Å². The van der Waals surface area contributed by atoms with Crippen LogP contribution in [0.3, 0.4) is 0 Å². The van der Waals surface area contributed by atoms with Crippen LogP contribution in [0.25, 0.3) is 0 Å². The first kappa shape index (κ1) is 13.5. The summed E-state index contributed by atoms with van der Waals surface area (Å²) in [4.78, 5) is 23.2. The van der Waals surface area contributed by atoms with Crippen LogP contribution in [0.4, 0.5) is 0 Å². The number of amides is 1. The van der Waals surface area contributed by atoms with Crippen molar-refractivity contribution in [3.8, 4) is 0 Å². The molecule has 4 nitrogen and oxygen atoms in total. The Kier molecular flexibility index (Phi) is 3.72. The largest absolute Gasteiger partial charge is 0.334 e. The molecule has 1 aliphatic heterocycles. The Bertz CT molecular complexity index is 502. The van der Waals surface area contributed by atoms with Gasteiger partial charge in [-0.15, -0.1) is 0 Å². The summed E-state index contributed by atoms with van der Waals surface area (Å²) >= 11 is 0. The monoisotopic (exact) mass is 273 g/mol. The van der Waals surface area contributed by atoms with Crippen molar-refractivity contribution in [3.05, 3.63) is 23.8 Å². The Morgan fingerprint density at radius 2 is 2.10 bits per heavy atom. The van der Waals surface area contributed by atoms with Gasteiger partial charge in [0.05, 0.1) is 0 Å². The maximum Gasteiger partial charge on any atom is 0.272 e. The molecule has 20 heavy (non-hydrogen) atoms. The molecule has 0 spiro atoms. The molecule has 1 saturated carbocycles. The van der Waals surface area contributed by atoms with E-state index in [1.807, 2.05) is 6.92 Å². The first-order valence-electron chi connectivity index (χ1n) is 7.77. The zero-order valence-corrected chi connectivity index (χ0v) is 12.4. The molecule has 0 bridgehead atoms. The van der Waals surface area contributed by atoms with Crippen LogP contribution < -0.4 is 0 Å². The highest BCUT2D eigenvalue weighted by molar-refractivity contribution is 5.92. The number of likely N-dealkylation sites (tertiary alicyclic amines) is 1. The topological polar surface area (TPSA) is 46.1 Å². The maximum absolute atomic E-state index is 12.7. The van der Waals surface area contributed by atoms with Crippen molar-refractivity contribution >= 4 is 5.91 Å². The fraction of sp³-hybridized carbons (Fsp3) is 0.688. The normalized spacial score (nSPS) is 29.9. The van der Waals surface area contributed by atoms with E-state index in [0.29, 0.717) is 23.5 Å². The Hall–Kier alpha value is -1.45. The van der Waals surface area contributed by atoms with Crippen molar-refractivity contribution in [2.45, 2.75) is 52.0 Å². The standard InChI is InChI=1S/C16H23N3O/c1-11-8-10-19(15-6-4-3-5-13(11)15)16(20)14-7-9-17-12(2)18-14/h7,9,11,13,15H,3-6,8,10H2,1-2H3/t11-,13-,15+/m0/s1. The third kappa shape index (κ3) is 2.43. The molecular formula is C16H23N3O. The molecular weight excluding hydrogens is 250 g/mol. The highest BCUT2D eigenvalue weighted by atomic mass is 16.2. The number of hydrogen-bond acceptors (Lipinski definition) is 3. The summed E-state index contributed by atoms with van der Waals surface area (Å²) in [5.74, 6) is 2.20. The van der Waals surface area contributed by atoms with Gasteiger partial charge in [0.1, 0.15) is 11.5 Å². The quantitative estimate of drug-likeness (QED) is 0.790. The van der Waals surface area contributed by atoms with Gasteiger partial charge in [0, 0.05) is 18.8 Å². The summed E-state index contributed by atoms with van der Waals surface area (Å²) in [6.07, 6.45) is 7.81. The number of aryl methyl sites for hydroxylation is 1. The Labute approximate surface area is 120 Å². The van der Waals surface area contributed by atoms with Crippen molar-refractivity contribution in [2.75, 3.05) is 6.54 Å². The van der Waals surface area contributed by atoms with Crippen LogP contribution >= 0.6 is 0 Å². The highest BCUT2D eigenvalue weighted by Gasteiger charge is 2.39. The zero-order valence-electron chi connectivity index (χ0n) is 12.4. The lowest BCUT2D eigenvalue weighted by Gasteiger charge is -2.47. The van der Waals surface area contributed by atoms with Crippen molar-refractivity contribution in [2.24, 2.45) is 11.8 Å². The Morgan fingerprint density at radius 3 is 2.90 bits per heavy atom. The van der Waals surface area contributed by atoms with Gasteiger partial charge >= 0.3 is 0 Å². The predicted molar refractivity (Wildman–Crippen MR) is 77.3 cm³/mol. The van der Waals surface area contributed by atoms with Crippen molar-refractivity contribution in [1.82, 2.24) is 14.9 Å². The summed E-state index contributed by atoms with van der Waals surface area (Å²) in [5, 5.41) is 0. The second-order valence-electron chi connectivity index (χ2n) is 6.27. The number of aromatic nitrogens is 2. The van der Waals surface area contributed by atoms with Gasteiger partial charge in [-0.1, -0.05) is 19.8 Å². The molecule has 2 aliphatic rings. The number of hydrogen-bond donors (Lipinski definition) is 0. The minimum absolute atomic E-state index is 0.0966. The summed E-state index contributed by atoms with van der Waals surface area (Å²) in [6.45, 7) is 5.06. The molecule has 2 heterocycles. The SMILES string of the molecule is Cc1nccc(C(=O)N2CC[C@H](C)[C@@H]3CCCC[C@H]32)n1. The lowest BCUT2D eigenvalue weighted by Crippen LogP contribution is -2.52. The third-order valence-corrected chi connectivity index (χ3v) is 4.99. The molecule has 0 aromatic carbocycles. The van der Waals surface area contributed by atoms with Crippen LogP contribution in [0.15, 0.2) is 12.3 Å². The fourth-order valence-corrected chi connectivity index (χ4v) is 3.89. The van der Waals surface area contributed by atoms with Crippen LogP contribution in [0.5, 0.6) is 0 Å². The average Bonchev–Trinajstić information content (AvgIpc) is 2.47. The van der Waals surface area contributed by atoms with E-state index in [1.165, 1.54) is 19.3 Å². The zero-order chi connectivity index (χ0) is 14.1. The molecule has 0 unspecified atom stereocenters. The molecule has 0 N–H and O–H groups in total. The lowest BCUT2D eigenvalue weighted by atomic mass is 9.72. The van der Waals surface area contributed by atoms with Crippen molar-refractivity contribution in [3.63, 3.8) is 0 Å². The minimum Gasteiger partial charge on any atom is -0.334 e. The van der Waals surface area contributed by atoms with E-state index < -0.39 is 0 Å². The first-order valence-corrected chi connectivity index (χ1v) is 7.77. The molecule has 3 rings (SSSR count). The summed E-state index contributed by atoms with van der Waals surface area (Å²) < 4.78 is 0. The lowest BCUT2D eigenvalue weighted by molar-refractivity contribution is 0.0213. The molecule has 1 aliphatic carbocycles. The summed E-state index contributed by atoms with van der Waals surface area (Å²) in [5.41, 5.74) is 0.552. The smallest absolute Gasteiger partial charge is 0.272 e. The number of rotatable bonds is 1. The molecule has 0 radical (unpaired) electrons. The van der Waals surface area contributed by atoms with Crippen LogP contribution in [0.1, 0.15) is 55.3 Å². The number of carbonyl (C=O) groups excluding carboxylic acids is 1. The molecule has 1 aromatic rings. The minimum atomic E-state index is 0.0966. The number of carbonyl (C=O) groups is 1. The second-order valence-corrected chi connectivity index (χ2v) is 6.27. The summed E-state index contributed by atoms with van der Waals surface area (Å²) in [6, 6.07) is 2.17. The van der Waals surface area contributed by atoms with E-state index >= 15 is 0 Å². The Morgan fingerprint density at radius 1 is 1.30 bits per heavy atom. The molecule has 4 heteroatoms. The molecule has 3 atom stereocenters. The number of piperidine rings is 1. The van der Waals surface area contributed by atoms with E-state index in [0.717, 1.165) is 25.3 Å². The van der Waals surface area contributed by atoms with E-state index in [4.69, 9.17) is 0 Å². The number of nitrogens with zero attached hydrogens (tertiary/aromatic N) is 3. The molecule has 1 saturated heterocycles. The van der Waals surface area contributed by atoms with Gasteiger partial charge in [0.25, 0.3) is 5.91 Å². The van der Waals surface area contributed by atoms with Gasteiger partial charge in [-0.3, -0.25) is 4.79 Å². The Balaban J connectivity index is 1.83. The van der Waals surface area contributed by atoms with Crippen LogP contribution in [0, 0.1) is 18.8 Å². The van der Waals surface area contributed by atoms with Gasteiger partial charge in [-0.25, -0.2) is 9.97 Å². The number of fused-ring (bicyclic) bond motifs is 1. The van der Waals surface area contributed by atoms with E-state index in [9.17, 15) is 4.79 Å². The van der Waals surface area contributed by atoms with E-state index in [-0.39, 0.29) is 5.91 Å². The fourth-order valence-electron chi connectivity index (χ4n) is 3.89. The first-order chi connectivity index (χ1) is 9.66. The average molecular weight is 273 g/mol. The molecule has 1 amide bonds. The van der Waals surface area contributed by atoms with Gasteiger partial charge in [0.2, 0.25) is 0 Å². The van der Waals surface area contributed by atoms with Crippen molar-refractivity contribution < 1.29 is 4.79 Å². The van der Waals surface area contributed by atoms with Gasteiger partial charge in [0.15, 0.2) is 0 Å². The maximum atomic E-state index is 12.7. The third-order valence-electron chi connectivity index (χ3n) is 4.99. The molecule has 2 fully saturated rings. The summed E-state index contributed by atoms with van der Waals surface area (Å²) in [7, 11) is 0.